The van der Waals surface area contributed by atoms with Gasteiger partial charge in [-0.15, -0.1) is 0 Å². The summed E-state index contributed by atoms with van der Waals surface area (Å²) in [7, 11) is 0. The van der Waals surface area contributed by atoms with E-state index in [0.29, 0.717) is 0 Å². The predicted octanol–water partition coefficient (Wildman–Crippen LogP) is 4.44. The largest absolute Gasteiger partial charge is 0.478 e. The molecule has 3 rings (SSSR count). The Labute approximate surface area is 196 Å². The van der Waals surface area contributed by atoms with Gasteiger partial charge in [0.15, 0.2) is 0 Å². The quantitative estimate of drug-likeness (QED) is 0.407. The minimum absolute atomic E-state index is 0.577. The fourth-order valence-corrected chi connectivity index (χ4v) is 2.18. The molecule has 0 radical (unpaired) electrons. The number of carboxylic acids is 1. The maximum Gasteiger partial charge on any atom is 0.335 e. The molecule has 150 valence electrons. The fourth-order valence-electron chi connectivity index (χ4n) is 2.04. The van der Waals surface area contributed by atoms with Crippen LogP contribution in [0, 0.1) is 0 Å². The van der Waals surface area contributed by atoms with E-state index in [1.165, 1.54) is 0 Å². The van der Waals surface area contributed by atoms with Gasteiger partial charge >= 0.3 is 5.97 Å². The van der Waals surface area contributed by atoms with Crippen molar-refractivity contribution in [3.8, 4) is 11.1 Å². The second-order valence-electron chi connectivity index (χ2n) is 5.35. The average Bonchev–Trinajstić information content (AvgIpc) is 2.92. The Morgan fingerprint density at radius 3 is 2.62 bits per heavy atom. The minimum Gasteiger partial charge on any atom is -0.478 e. The van der Waals surface area contributed by atoms with E-state index in [2.05, 4.69) is 10.6 Å². The highest BCUT2D eigenvalue weighted by Crippen LogP contribution is 2.23. The van der Waals surface area contributed by atoms with Crippen molar-refractivity contribution in [2.45, 2.75) is 6.08 Å². The standard InChI is InChI=1S/C23H23ClN2O3/c24-20-8-2-6-18(13-20)22(27)15-25-10-11-26-21-9-3-5-17(14-21)16-4-1-7-19(12-16)23(28)29/h1-9,12-14,22,25-27H,10-11,15H2,(H,28,29)/t22-/m1/s1/i1D,2D,3D,4D,5D,6D,7D,8D,9D,11D2,12D,13D,14D,22D. The summed E-state index contributed by atoms with van der Waals surface area (Å²) in [6.07, 6.45) is -2.80. The number of carbonyl (C=O) groups is 1. The van der Waals surface area contributed by atoms with E-state index in [1.54, 1.807) is 0 Å². The lowest BCUT2D eigenvalue weighted by molar-refractivity contribution is 0.0697. The van der Waals surface area contributed by atoms with Crippen LogP contribution in [0.2, 0.25) is 5.02 Å². The van der Waals surface area contributed by atoms with E-state index < -0.39 is 137 Å². The van der Waals surface area contributed by atoms with Crippen LogP contribution in [0.1, 0.15) is 42.6 Å². The number of aromatic carboxylic acids is 1. The molecule has 6 heteroatoms. The Bertz CT molecular complexity index is 1670. The van der Waals surface area contributed by atoms with Crippen LogP contribution >= 0.6 is 11.6 Å². The van der Waals surface area contributed by atoms with Gasteiger partial charge in [-0.05, 0) is 52.9 Å². The molecular formula is C23H23ClN2O3. The van der Waals surface area contributed by atoms with Crippen LogP contribution in [0.3, 0.4) is 0 Å². The highest BCUT2D eigenvalue weighted by molar-refractivity contribution is 6.30. The van der Waals surface area contributed by atoms with Crippen LogP contribution in [-0.4, -0.2) is 35.8 Å². The van der Waals surface area contributed by atoms with Gasteiger partial charge in [0.05, 0.1) is 32.2 Å². The molecule has 0 aromatic heterocycles. The van der Waals surface area contributed by atoms with Gasteiger partial charge in [-0.1, -0.05) is 47.9 Å². The molecule has 0 saturated carbocycles. The van der Waals surface area contributed by atoms with E-state index in [0.717, 1.165) is 0 Å². The van der Waals surface area contributed by atoms with Gasteiger partial charge in [-0.2, -0.15) is 0 Å². The van der Waals surface area contributed by atoms with Gasteiger partial charge in [-0.25, -0.2) is 4.79 Å². The lowest BCUT2D eigenvalue weighted by atomic mass is 10.0. The Kier molecular flexibility index (Phi) is 3.08. The molecule has 1 atom stereocenters. The first-order chi connectivity index (χ1) is 20.1. The molecule has 29 heavy (non-hydrogen) atoms. The van der Waals surface area contributed by atoms with Crippen molar-refractivity contribution in [2.75, 3.05) is 24.9 Å². The van der Waals surface area contributed by atoms with Gasteiger partial charge in [0.1, 0.15) is 0 Å². The highest BCUT2D eigenvalue weighted by Gasteiger charge is 2.07. The molecule has 4 N–H and O–H groups in total. The van der Waals surface area contributed by atoms with Crippen molar-refractivity contribution in [1.29, 1.82) is 0 Å². The summed E-state index contributed by atoms with van der Waals surface area (Å²) in [5, 5.41) is 24.1. The van der Waals surface area contributed by atoms with Crippen LogP contribution in [0.5, 0.6) is 0 Å². The molecule has 0 fully saturated rings. The van der Waals surface area contributed by atoms with Crippen molar-refractivity contribution in [2.24, 2.45) is 0 Å². The highest BCUT2D eigenvalue weighted by atomic mass is 35.5. The van der Waals surface area contributed by atoms with Gasteiger partial charge in [0, 0.05) is 30.3 Å². The second kappa shape index (κ2) is 10.1. The number of rotatable bonds is 9. The maximum absolute atomic E-state index is 11.7. The summed E-state index contributed by atoms with van der Waals surface area (Å²) in [5.41, 5.74) is -3.91. The van der Waals surface area contributed by atoms with E-state index in [9.17, 15) is 15.0 Å². The second-order valence-corrected chi connectivity index (χ2v) is 5.72. The van der Waals surface area contributed by atoms with Crippen LogP contribution in [0.15, 0.2) is 72.5 Å². The third-order valence-corrected chi connectivity index (χ3v) is 3.51. The Morgan fingerprint density at radius 2 is 1.83 bits per heavy atom. The van der Waals surface area contributed by atoms with E-state index in [1.807, 2.05) is 0 Å². The molecule has 0 spiro atoms. The fraction of sp³-hybridized carbons (Fsp3) is 0.174. The number of carboxylic acid groups (broad SMARTS) is 1. The first-order valence-electron chi connectivity index (χ1n) is 15.5. The van der Waals surface area contributed by atoms with Crippen molar-refractivity contribution in [3.63, 3.8) is 0 Å². The number of benzene rings is 3. The first-order valence-corrected chi connectivity index (χ1v) is 8.38. The minimum atomic E-state index is -2.80. The van der Waals surface area contributed by atoms with Crippen molar-refractivity contribution < 1.29 is 35.6 Å². The summed E-state index contributed by atoms with van der Waals surface area (Å²) < 4.78 is 122. The Morgan fingerprint density at radius 1 is 1.10 bits per heavy atom. The number of aliphatic hydroxyl groups is 1. The predicted molar refractivity (Wildman–Crippen MR) is 117 cm³/mol. The summed E-state index contributed by atoms with van der Waals surface area (Å²) in [6.45, 7) is -4.29. The van der Waals surface area contributed by atoms with Gasteiger partial charge in [0.25, 0.3) is 0 Å². The molecule has 0 aliphatic carbocycles. The molecule has 0 aliphatic rings. The van der Waals surface area contributed by atoms with Crippen LogP contribution in [-0.2, 0) is 0 Å². The van der Waals surface area contributed by atoms with Crippen LogP contribution in [0.4, 0.5) is 5.69 Å². The summed E-state index contributed by atoms with van der Waals surface area (Å²) in [6, 6.07) is -10.3. The van der Waals surface area contributed by atoms with Crippen LogP contribution < -0.4 is 10.6 Å². The molecule has 5 nitrogen and oxygen atoms in total. The maximum atomic E-state index is 11.7. The number of hydrogen-bond donors (Lipinski definition) is 4. The molecule has 3 aromatic rings. The molecule has 0 heterocycles. The normalized spacial score (nSPS) is 20.7. The Balaban J connectivity index is 2.02. The molecule has 0 amide bonds. The lowest BCUT2D eigenvalue weighted by Gasteiger charge is -2.13. The van der Waals surface area contributed by atoms with Crippen molar-refractivity contribution in [3.05, 3.63) is 88.7 Å². The Hall–Kier alpha value is -2.86. The molecule has 0 aliphatic heterocycles. The molecule has 0 bridgehead atoms. The summed E-state index contributed by atoms with van der Waals surface area (Å²) >= 11 is 5.83. The lowest BCUT2D eigenvalue weighted by Crippen LogP contribution is -2.26. The number of nitrogens with one attached hydrogen (secondary N) is 2. The molecule has 3 aromatic carbocycles. The smallest absolute Gasteiger partial charge is 0.335 e. The molecular weight excluding hydrogens is 388 g/mol. The third-order valence-electron chi connectivity index (χ3n) is 3.32. The number of halogens is 1. The first kappa shape index (κ1) is 8.88. The third kappa shape index (κ3) is 6.06. The van der Waals surface area contributed by atoms with Crippen molar-refractivity contribution in [1.82, 2.24) is 5.32 Å². The SMILES string of the molecule is [2H]c1c([2H])c(NC([2H])([2H])CNC[C@@]([2H])(O)c2c([2H])c([2H])c([2H])c(Cl)c2[2H])c([2H])c(-c2c([2H])c([2H])c([2H])c(C(=O)O)c2[2H])c1[2H]. The van der Waals surface area contributed by atoms with E-state index in [-0.39, 0.29) is 0 Å². The van der Waals surface area contributed by atoms with Gasteiger partial charge < -0.3 is 20.8 Å². The van der Waals surface area contributed by atoms with E-state index >= 15 is 0 Å². The zero-order chi connectivity index (χ0) is 33.8. The summed E-state index contributed by atoms with van der Waals surface area (Å²) in [5.74, 6) is -1.79. The monoisotopic (exact) mass is 425 g/mol. The van der Waals surface area contributed by atoms with Crippen LogP contribution in [0.25, 0.3) is 11.1 Å². The average molecular weight is 426 g/mol. The van der Waals surface area contributed by atoms with Gasteiger partial charge in [-0.3, -0.25) is 0 Å². The van der Waals surface area contributed by atoms with Crippen molar-refractivity contribution >= 4 is 23.3 Å². The van der Waals surface area contributed by atoms with Gasteiger partial charge in [0.2, 0.25) is 0 Å². The molecule has 0 saturated heterocycles. The summed E-state index contributed by atoms with van der Waals surface area (Å²) in [4.78, 5) is 11.7. The topological polar surface area (TPSA) is 81.6 Å². The van der Waals surface area contributed by atoms with E-state index in [4.69, 9.17) is 32.2 Å². The molecule has 0 unspecified atom stereocenters. The zero-order valence-electron chi connectivity index (χ0n) is 29.6. The zero-order valence-corrected chi connectivity index (χ0v) is 15.4. The number of hydrogen-bond acceptors (Lipinski definition) is 4. The number of anilines is 1.